The fraction of sp³-hybridized carbons (Fsp3) is 0.150. The molecule has 4 rings (SSSR count). The van der Waals surface area contributed by atoms with Crippen molar-refractivity contribution >= 4 is 21.0 Å². The normalized spacial score (nSPS) is 12.0. The number of fused-ring (bicyclic) bond motifs is 1. The van der Waals surface area contributed by atoms with Gasteiger partial charge in [0.15, 0.2) is 15.5 Å². The van der Waals surface area contributed by atoms with Crippen LogP contribution in [0.15, 0.2) is 59.9 Å². The highest BCUT2D eigenvalue weighted by molar-refractivity contribution is 7.92. The molecule has 1 aromatic carbocycles. The highest BCUT2D eigenvalue weighted by Crippen LogP contribution is 2.29. The lowest BCUT2D eigenvalue weighted by molar-refractivity contribution is 0.587. The van der Waals surface area contributed by atoms with Gasteiger partial charge in [-0.2, -0.15) is 4.39 Å². The Labute approximate surface area is 162 Å². The monoisotopic (exact) mass is 398 g/mol. The number of nitrogens with zero attached hydrogens (tertiary/aromatic N) is 3. The number of sulfone groups is 1. The molecule has 0 aliphatic rings. The summed E-state index contributed by atoms with van der Waals surface area (Å²) in [4.78, 5) is 15.9. The highest BCUT2D eigenvalue weighted by atomic mass is 32.2. The fourth-order valence-electron chi connectivity index (χ4n) is 2.91. The fourth-order valence-corrected chi connectivity index (χ4v) is 3.97. The first-order valence-corrected chi connectivity index (χ1v) is 10.2. The molecule has 0 atom stereocenters. The number of aromatic amines is 1. The molecule has 28 heavy (non-hydrogen) atoms. The van der Waals surface area contributed by atoms with Crippen LogP contribution >= 0.6 is 0 Å². The van der Waals surface area contributed by atoms with Crippen LogP contribution in [0.2, 0.25) is 0 Å². The molecule has 8 heteroatoms. The van der Waals surface area contributed by atoms with Crippen LogP contribution < -0.4 is 0 Å². The minimum atomic E-state index is -3.34. The first-order valence-electron chi connectivity index (χ1n) is 8.67. The first kappa shape index (κ1) is 18.2. The van der Waals surface area contributed by atoms with Crippen molar-refractivity contribution in [1.82, 2.24) is 19.9 Å². The number of H-pyrrole nitrogens is 1. The zero-order valence-corrected chi connectivity index (χ0v) is 16.0. The molecule has 0 bridgehead atoms. The van der Waals surface area contributed by atoms with E-state index in [-0.39, 0.29) is 6.32 Å². The van der Waals surface area contributed by atoms with Gasteiger partial charge in [-0.1, -0.05) is 12.1 Å². The maximum atomic E-state index is 14.1. The summed E-state index contributed by atoms with van der Waals surface area (Å²) in [7, 11) is -3.34. The van der Waals surface area contributed by atoms with E-state index >= 15 is 0 Å². The average Bonchev–Trinajstić information content (AvgIpc) is 3.11. The van der Waals surface area contributed by atoms with Gasteiger partial charge in [0.25, 0.3) is 0 Å². The largest absolute Gasteiger partial charge is 0.344 e. The summed E-state index contributed by atoms with van der Waals surface area (Å²) in [5.74, 6) is -0.584. The third-order valence-electron chi connectivity index (χ3n) is 4.53. The minimum Gasteiger partial charge on any atom is -0.344 e. The van der Waals surface area contributed by atoms with Crippen molar-refractivity contribution in [2.75, 3.05) is 0 Å². The maximum absolute atomic E-state index is 14.1. The standard InChI is InChI=1S/C20H17FN4O2S.H2/c1-12(2)28(26,27)14-7-5-13(6-8-14)17-11-24-20-18(25-17)16(10-23-20)15-4-3-9-22-19(15)21;/h3-12H,1-2H3,(H,23,24);1H. The van der Waals surface area contributed by atoms with Crippen LogP contribution in [0.3, 0.4) is 0 Å². The second-order valence-electron chi connectivity index (χ2n) is 6.61. The van der Waals surface area contributed by atoms with Crippen LogP contribution in [0.4, 0.5) is 4.39 Å². The van der Waals surface area contributed by atoms with E-state index in [0.29, 0.717) is 28.0 Å². The van der Waals surface area contributed by atoms with Gasteiger partial charge >= 0.3 is 0 Å². The zero-order chi connectivity index (χ0) is 19.9. The lowest BCUT2D eigenvalue weighted by Crippen LogP contribution is -2.13. The SMILES string of the molecule is CC(C)S(=O)(=O)c1ccc(-c2cnc3[nH]cc(-c4cccnc4F)c3n2)cc1.[HH]. The van der Waals surface area contributed by atoms with Gasteiger partial charge < -0.3 is 4.98 Å². The van der Waals surface area contributed by atoms with Crippen LogP contribution in [-0.2, 0) is 9.84 Å². The molecule has 0 amide bonds. The third kappa shape index (κ3) is 3.05. The van der Waals surface area contributed by atoms with E-state index in [1.54, 1.807) is 62.6 Å². The first-order chi connectivity index (χ1) is 13.4. The summed E-state index contributed by atoms with van der Waals surface area (Å²) >= 11 is 0. The minimum absolute atomic E-state index is 0. The topological polar surface area (TPSA) is 88.6 Å². The summed E-state index contributed by atoms with van der Waals surface area (Å²) in [6, 6.07) is 9.81. The summed E-state index contributed by atoms with van der Waals surface area (Å²) in [6.07, 6.45) is 4.62. The Morgan fingerprint density at radius 2 is 1.82 bits per heavy atom. The summed E-state index contributed by atoms with van der Waals surface area (Å²) in [6.45, 7) is 3.29. The predicted molar refractivity (Wildman–Crippen MR) is 107 cm³/mol. The van der Waals surface area contributed by atoms with Crippen molar-refractivity contribution < 1.29 is 14.2 Å². The van der Waals surface area contributed by atoms with Crippen LogP contribution in [0, 0.1) is 5.95 Å². The summed E-state index contributed by atoms with van der Waals surface area (Å²) in [5.41, 5.74) is 3.22. The van der Waals surface area contributed by atoms with Crippen LogP contribution in [0.1, 0.15) is 15.3 Å². The molecule has 0 spiro atoms. The van der Waals surface area contributed by atoms with Gasteiger partial charge in [0.2, 0.25) is 5.95 Å². The molecule has 1 N–H and O–H groups in total. The molecule has 0 aliphatic carbocycles. The lowest BCUT2D eigenvalue weighted by atomic mass is 10.1. The van der Waals surface area contributed by atoms with Gasteiger partial charge in [0, 0.05) is 30.5 Å². The van der Waals surface area contributed by atoms with E-state index in [9.17, 15) is 12.8 Å². The van der Waals surface area contributed by atoms with E-state index in [4.69, 9.17) is 0 Å². The molecule has 6 nitrogen and oxygen atoms in total. The molecule has 0 saturated heterocycles. The highest BCUT2D eigenvalue weighted by Gasteiger charge is 2.19. The quantitative estimate of drug-likeness (QED) is 0.519. The Hall–Kier alpha value is -3.13. The third-order valence-corrected chi connectivity index (χ3v) is 6.70. The molecular weight excluding hydrogens is 379 g/mol. The van der Waals surface area contributed by atoms with Crippen molar-refractivity contribution in [1.29, 1.82) is 0 Å². The Morgan fingerprint density at radius 3 is 2.50 bits per heavy atom. The second-order valence-corrected chi connectivity index (χ2v) is 9.12. The molecule has 0 radical (unpaired) electrons. The van der Waals surface area contributed by atoms with Crippen LogP contribution in [0.5, 0.6) is 0 Å². The van der Waals surface area contributed by atoms with E-state index in [1.165, 1.54) is 6.20 Å². The molecule has 0 saturated carbocycles. The number of aromatic nitrogens is 4. The van der Waals surface area contributed by atoms with Gasteiger partial charge in [-0.15, -0.1) is 0 Å². The van der Waals surface area contributed by atoms with E-state index < -0.39 is 21.0 Å². The number of hydrogen-bond acceptors (Lipinski definition) is 5. The molecule has 0 aliphatic heterocycles. The molecule has 144 valence electrons. The lowest BCUT2D eigenvalue weighted by Gasteiger charge is -2.08. The van der Waals surface area contributed by atoms with Crippen molar-refractivity contribution in [3.63, 3.8) is 0 Å². The molecule has 0 fully saturated rings. The van der Waals surface area contributed by atoms with Crippen LogP contribution in [0.25, 0.3) is 33.5 Å². The summed E-state index contributed by atoms with van der Waals surface area (Å²) in [5, 5.41) is -0.494. The predicted octanol–water partition coefficient (Wildman–Crippen LogP) is 4.25. The number of halogens is 1. The number of nitrogens with one attached hydrogen (secondary N) is 1. The number of hydrogen-bond donors (Lipinski definition) is 1. The molecule has 4 aromatic rings. The number of rotatable bonds is 4. The Morgan fingerprint density at radius 1 is 1.07 bits per heavy atom. The Kier molecular flexibility index (Phi) is 4.43. The summed E-state index contributed by atoms with van der Waals surface area (Å²) < 4.78 is 38.7. The van der Waals surface area contributed by atoms with Gasteiger partial charge in [-0.25, -0.2) is 23.4 Å². The molecular formula is C20H19FN4O2S. The van der Waals surface area contributed by atoms with Crippen molar-refractivity contribution in [3.05, 3.63) is 60.9 Å². The smallest absolute Gasteiger partial charge is 0.220 e. The van der Waals surface area contributed by atoms with Crippen molar-refractivity contribution in [2.24, 2.45) is 0 Å². The van der Waals surface area contributed by atoms with Crippen molar-refractivity contribution in [2.45, 2.75) is 24.0 Å². The molecule has 3 heterocycles. The maximum Gasteiger partial charge on any atom is 0.220 e. The molecule has 0 unspecified atom stereocenters. The van der Waals surface area contributed by atoms with Gasteiger partial charge in [0.1, 0.15) is 5.52 Å². The Bertz CT molecular complexity index is 1270. The van der Waals surface area contributed by atoms with Crippen molar-refractivity contribution in [3.8, 4) is 22.4 Å². The van der Waals surface area contributed by atoms with E-state index in [0.717, 1.165) is 5.56 Å². The second kappa shape index (κ2) is 6.79. The average molecular weight is 398 g/mol. The van der Waals surface area contributed by atoms with E-state index in [1.807, 2.05) is 0 Å². The van der Waals surface area contributed by atoms with Crippen LogP contribution in [-0.4, -0.2) is 33.6 Å². The van der Waals surface area contributed by atoms with Gasteiger partial charge in [-0.05, 0) is 38.1 Å². The van der Waals surface area contributed by atoms with E-state index in [2.05, 4.69) is 19.9 Å². The van der Waals surface area contributed by atoms with Gasteiger partial charge in [-0.3, -0.25) is 0 Å². The number of benzene rings is 1. The zero-order valence-electron chi connectivity index (χ0n) is 15.2. The molecule has 3 aromatic heterocycles. The number of pyridine rings is 1. The Balaban J connectivity index is 0.00000240. The van der Waals surface area contributed by atoms with Gasteiger partial charge in [0.05, 0.1) is 22.0 Å².